The number of hydrogen-bond donors (Lipinski definition) is 0. The van der Waals surface area contributed by atoms with Crippen LogP contribution in [0.25, 0.3) is 43.1 Å². The first-order valence-corrected chi connectivity index (χ1v) is 12.5. The van der Waals surface area contributed by atoms with Gasteiger partial charge < -0.3 is 4.74 Å². The van der Waals surface area contributed by atoms with Crippen molar-refractivity contribution < 1.29 is 4.74 Å². The lowest BCUT2D eigenvalue weighted by molar-refractivity contribution is 0.456. The first kappa shape index (κ1) is 19.7. The van der Waals surface area contributed by atoms with Gasteiger partial charge in [0.25, 0.3) is 0 Å². The van der Waals surface area contributed by atoms with Crippen LogP contribution >= 0.6 is 0 Å². The number of rotatable bonds is 1. The van der Waals surface area contributed by atoms with Gasteiger partial charge in [-0.1, -0.05) is 109 Å². The molecule has 1 nitrogen and oxygen atoms in total. The molecule has 0 radical (unpaired) electrons. The van der Waals surface area contributed by atoms with Crippen LogP contribution in [0.5, 0.6) is 11.5 Å². The fraction of sp³-hybridized carbons (Fsp3) is 0.0286. The monoisotopic (exact) mass is 458 g/mol. The van der Waals surface area contributed by atoms with Gasteiger partial charge in [-0.3, -0.25) is 0 Å². The zero-order valence-corrected chi connectivity index (χ0v) is 19.6. The van der Waals surface area contributed by atoms with E-state index in [1.165, 1.54) is 59.8 Å². The zero-order chi connectivity index (χ0) is 23.6. The first-order valence-electron chi connectivity index (χ1n) is 12.5. The highest BCUT2D eigenvalue weighted by Gasteiger charge is 2.33. The Hall–Kier alpha value is -4.62. The lowest BCUT2D eigenvalue weighted by atomic mass is 9.76. The SMILES string of the molecule is c1ccc2c3c(ccc2c1)Oc1ccc2ccccc2c1C3c1cc2ccccc2c2ccccc12. The van der Waals surface area contributed by atoms with Crippen molar-refractivity contribution in [3.63, 3.8) is 0 Å². The fourth-order valence-electron chi connectivity index (χ4n) is 6.22. The molecular weight excluding hydrogens is 436 g/mol. The molecule has 0 saturated heterocycles. The first-order chi connectivity index (χ1) is 17.9. The van der Waals surface area contributed by atoms with Crippen LogP contribution in [0.3, 0.4) is 0 Å². The highest BCUT2D eigenvalue weighted by molar-refractivity contribution is 6.10. The van der Waals surface area contributed by atoms with Gasteiger partial charge in [-0.15, -0.1) is 0 Å². The normalized spacial score (nSPS) is 13.1. The van der Waals surface area contributed by atoms with Crippen LogP contribution in [0.1, 0.15) is 22.6 Å². The van der Waals surface area contributed by atoms with E-state index in [2.05, 4.69) is 127 Å². The Labute approximate surface area is 209 Å². The molecule has 36 heavy (non-hydrogen) atoms. The maximum atomic E-state index is 6.64. The lowest BCUT2D eigenvalue weighted by Crippen LogP contribution is -2.13. The summed E-state index contributed by atoms with van der Waals surface area (Å²) in [7, 11) is 0. The molecule has 168 valence electrons. The van der Waals surface area contributed by atoms with Crippen LogP contribution in [-0.4, -0.2) is 0 Å². The minimum atomic E-state index is 0.0375. The van der Waals surface area contributed by atoms with E-state index in [0.29, 0.717) is 0 Å². The van der Waals surface area contributed by atoms with Crippen LogP contribution in [-0.2, 0) is 0 Å². The molecule has 1 heterocycles. The Kier molecular flexibility index (Phi) is 4.06. The van der Waals surface area contributed by atoms with Crippen molar-refractivity contribution >= 4 is 43.1 Å². The van der Waals surface area contributed by atoms with Crippen LogP contribution in [0.15, 0.2) is 127 Å². The Bertz CT molecular complexity index is 1900. The van der Waals surface area contributed by atoms with E-state index < -0.39 is 0 Å². The predicted molar refractivity (Wildman–Crippen MR) is 150 cm³/mol. The zero-order valence-electron chi connectivity index (χ0n) is 19.6. The summed E-state index contributed by atoms with van der Waals surface area (Å²) < 4.78 is 6.64. The van der Waals surface area contributed by atoms with Crippen LogP contribution < -0.4 is 4.74 Å². The lowest BCUT2D eigenvalue weighted by Gasteiger charge is -2.32. The second-order valence-corrected chi connectivity index (χ2v) is 9.66. The van der Waals surface area contributed by atoms with Crippen molar-refractivity contribution in [2.45, 2.75) is 5.92 Å². The molecule has 8 rings (SSSR count). The third-order valence-corrected chi connectivity index (χ3v) is 7.77. The molecule has 7 aromatic carbocycles. The van der Waals surface area contributed by atoms with Crippen molar-refractivity contribution in [1.82, 2.24) is 0 Å². The van der Waals surface area contributed by atoms with E-state index in [1.54, 1.807) is 0 Å². The van der Waals surface area contributed by atoms with Crippen molar-refractivity contribution in [2.75, 3.05) is 0 Å². The second kappa shape index (κ2) is 7.44. The number of fused-ring (bicyclic) bond motifs is 9. The van der Waals surface area contributed by atoms with Gasteiger partial charge in [-0.2, -0.15) is 0 Å². The Morgan fingerprint density at radius 1 is 0.389 bits per heavy atom. The maximum Gasteiger partial charge on any atom is 0.132 e. The summed E-state index contributed by atoms with van der Waals surface area (Å²) in [6.07, 6.45) is 0. The summed E-state index contributed by atoms with van der Waals surface area (Å²) >= 11 is 0. The van der Waals surface area contributed by atoms with Gasteiger partial charge in [-0.05, 0) is 66.9 Å². The number of hydrogen-bond acceptors (Lipinski definition) is 1. The van der Waals surface area contributed by atoms with Gasteiger partial charge in [0.05, 0.1) is 0 Å². The molecule has 0 unspecified atom stereocenters. The number of benzene rings is 7. The molecule has 1 aliphatic heterocycles. The maximum absolute atomic E-state index is 6.64. The largest absolute Gasteiger partial charge is 0.457 e. The van der Waals surface area contributed by atoms with Crippen LogP contribution in [0.4, 0.5) is 0 Å². The highest BCUT2D eigenvalue weighted by atomic mass is 16.5. The topological polar surface area (TPSA) is 9.23 Å². The van der Waals surface area contributed by atoms with E-state index in [-0.39, 0.29) is 5.92 Å². The summed E-state index contributed by atoms with van der Waals surface area (Å²) in [4.78, 5) is 0. The molecule has 0 bridgehead atoms. The van der Waals surface area contributed by atoms with Crippen molar-refractivity contribution in [1.29, 1.82) is 0 Å². The molecule has 0 spiro atoms. The number of ether oxygens (including phenoxy) is 1. The smallest absolute Gasteiger partial charge is 0.132 e. The van der Waals surface area contributed by atoms with Crippen LogP contribution in [0.2, 0.25) is 0 Å². The Balaban J connectivity index is 1.58. The average molecular weight is 459 g/mol. The molecule has 0 atom stereocenters. The predicted octanol–water partition coefficient (Wildman–Crippen LogP) is 9.59. The quantitative estimate of drug-likeness (QED) is 0.223. The van der Waals surface area contributed by atoms with Gasteiger partial charge in [0.1, 0.15) is 11.5 Å². The molecule has 7 aromatic rings. The minimum absolute atomic E-state index is 0.0375. The standard InChI is InChI=1S/C35H22O/c1-5-13-26-22(9-1)17-19-31-33(26)35(34-27-14-6-2-10-23(27)18-20-32(34)36-31)30-21-24-11-3-4-12-25(24)28-15-7-8-16-29(28)30/h1-21,35H. The Morgan fingerprint density at radius 3 is 1.47 bits per heavy atom. The van der Waals surface area contributed by atoms with Gasteiger partial charge >= 0.3 is 0 Å². The Morgan fingerprint density at radius 2 is 0.861 bits per heavy atom. The summed E-state index contributed by atoms with van der Waals surface area (Å²) in [5.74, 6) is 1.92. The molecule has 0 saturated carbocycles. The molecule has 0 aliphatic carbocycles. The van der Waals surface area contributed by atoms with Crippen molar-refractivity contribution in [2.24, 2.45) is 0 Å². The molecule has 0 N–H and O–H groups in total. The molecule has 0 fully saturated rings. The molecule has 1 heteroatoms. The highest BCUT2D eigenvalue weighted by Crippen LogP contribution is 2.53. The average Bonchev–Trinajstić information content (AvgIpc) is 2.95. The molecule has 0 aromatic heterocycles. The second-order valence-electron chi connectivity index (χ2n) is 9.66. The van der Waals surface area contributed by atoms with E-state index >= 15 is 0 Å². The molecule has 1 aliphatic rings. The van der Waals surface area contributed by atoms with Crippen molar-refractivity contribution in [3.8, 4) is 11.5 Å². The van der Waals surface area contributed by atoms with Crippen molar-refractivity contribution in [3.05, 3.63) is 144 Å². The van der Waals surface area contributed by atoms with E-state index in [1.807, 2.05) is 0 Å². The molecular formula is C35H22O. The summed E-state index contributed by atoms with van der Waals surface area (Å²) in [6.45, 7) is 0. The third kappa shape index (κ3) is 2.71. The summed E-state index contributed by atoms with van der Waals surface area (Å²) in [6, 6.07) is 46.0. The van der Waals surface area contributed by atoms with E-state index in [4.69, 9.17) is 4.74 Å². The van der Waals surface area contributed by atoms with Gasteiger partial charge in [0.15, 0.2) is 0 Å². The van der Waals surface area contributed by atoms with E-state index in [0.717, 1.165) is 11.5 Å². The van der Waals surface area contributed by atoms with Gasteiger partial charge in [0.2, 0.25) is 0 Å². The summed E-state index contributed by atoms with van der Waals surface area (Å²) in [5, 5.41) is 10.1. The minimum Gasteiger partial charge on any atom is -0.457 e. The van der Waals surface area contributed by atoms with Crippen LogP contribution in [0, 0.1) is 0 Å². The van der Waals surface area contributed by atoms with Gasteiger partial charge in [0, 0.05) is 17.0 Å². The van der Waals surface area contributed by atoms with E-state index in [9.17, 15) is 0 Å². The fourth-order valence-corrected chi connectivity index (χ4v) is 6.22. The molecule has 0 amide bonds. The van der Waals surface area contributed by atoms with Gasteiger partial charge in [-0.25, -0.2) is 0 Å². The third-order valence-electron chi connectivity index (χ3n) is 7.77. The summed E-state index contributed by atoms with van der Waals surface area (Å²) in [5.41, 5.74) is 3.82.